The molecule has 0 saturated heterocycles. The fourth-order valence-corrected chi connectivity index (χ4v) is 1.35. The lowest BCUT2D eigenvalue weighted by atomic mass is 10.3. The highest BCUT2D eigenvalue weighted by Gasteiger charge is 2.50. The number of carboxylic acids is 1. The van der Waals surface area contributed by atoms with Crippen LogP contribution in [-0.4, -0.2) is 67.7 Å². The summed E-state index contributed by atoms with van der Waals surface area (Å²) in [6.07, 6.45) is -24.9. The lowest BCUT2D eigenvalue weighted by molar-refractivity contribution is -0.281. The lowest BCUT2D eigenvalue weighted by Gasteiger charge is -2.26. The molecule has 0 amide bonds. The van der Waals surface area contributed by atoms with Crippen molar-refractivity contribution in [2.24, 2.45) is 0 Å². The number of ether oxygens (including phenoxy) is 3. The van der Waals surface area contributed by atoms with E-state index in [1.165, 1.54) is 0 Å². The number of hydrogen-bond acceptors (Lipinski definition) is 4. The quantitative estimate of drug-likeness (QED) is 0.445. The summed E-state index contributed by atoms with van der Waals surface area (Å²) in [5, 5.41) is 8.30. The van der Waals surface area contributed by atoms with E-state index in [4.69, 9.17) is 5.11 Å². The van der Waals surface area contributed by atoms with Crippen molar-refractivity contribution in [2.45, 2.75) is 36.8 Å². The van der Waals surface area contributed by atoms with E-state index < -0.39 is 62.6 Å². The molecule has 0 saturated carbocycles. The first kappa shape index (κ1) is 24.5. The second-order valence-electron chi connectivity index (χ2n) is 4.61. The summed E-state index contributed by atoms with van der Waals surface area (Å²) in [5.74, 6) is -2.62. The van der Waals surface area contributed by atoms with Crippen LogP contribution in [0.4, 0.5) is 39.5 Å². The fraction of sp³-hybridized carbons (Fsp3) is 0.750. The molecular formula is C12H13F9O5. The number of hydrogen-bond donors (Lipinski definition) is 1. The van der Waals surface area contributed by atoms with Crippen LogP contribution in [0.25, 0.3) is 0 Å². The maximum absolute atomic E-state index is 12.7. The van der Waals surface area contributed by atoms with Crippen molar-refractivity contribution < 1.29 is 63.6 Å². The van der Waals surface area contributed by atoms with Gasteiger partial charge in [-0.2, -0.15) is 39.5 Å². The molecule has 5 nitrogen and oxygen atoms in total. The van der Waals surface area contributed by atoms with Gasteiger partial charge in [0.1, 0.15) is 0 Å². The van der Waals surface area contributed by atoms with Crippen LogP contribution in [0.3, 0.4) is 0 Å². The summed E-state index contributed by atoms with van der Waals surface area (Å²) in [5.41, 5.74) is 0. The fourth-order valence-electron chi connectivity index (χ4n) is 1.35. The van der Waals surface area contributed by atoms with E-state index in [0.29, 0.717) is 0 Å². The van der Waals surface area contributed by atoms with Gasteiger partial charge in [-0.1, -0.05) is 6.08 Å². The average Bonchev–Trinajstić information content (AvgIpc) is 2.40. The Bertz CT molecular complexity index is 457. The van der Waals surface area contributed by atoms with Crippen molar-refractivity contribution in [1.29, 1.82) is 0 Å². The summed E-state index contributed by atoms with van der Waals surface area (Å²) < 4.78 is 125. The molecular weight excluding hydrogens is 395 g/mol. The number of carboxylic acid groups (broad SMARTS) is 1. The van der Waals surface area contributed by atoms with E-state index in [1.807, 2.05) is 0 Å². The van der Waals surface area contributed by atoms with Gasteiger partial charge in [-0.15, -0.1) is 6.58 Å². The third-order valence-electron chi connectivity index (χ3n) is 2.53. The molecule has 0 aliphatic rings. The predicted molar refractivity (Wildman–Crippen MR) is 65.2 cm³/mol. The number of alkyl halides is 9. The van der Waals surface area contributed by atoms with Crippen LogP contribution in [0.2, 0.25) is 0 Å². The SMILES string of the molecule is C=CCOC(COC(COC(C(=O)O)C(F)(F)F)C(F)(F)F)C(F)(F)F. The van der Waals surface area contributed by atoms with Crippen LogP contribution in [0.15, 0.2) is 12.7 Å². The molecule has 0 fully saturated rings. The van der Waals surface area contributed by atoms with E-state index in [9.17, 15) is 44.3 Å². The molecule has 0 aromatic rings. The first-order valence-electron chi connectivity index (χ1n) is 6.49. The topological polar surface area (TPSA) is 65.0 Å². The minimum atomic E-state index is -5.54. The largest absolute Gasteiger partial charge is 0.479 e. The van der Waals surface area contributed by atoms with Gasteiger partial charge in [0.15, 0.2) is 12.2 Å². The van der Waals surface area contributed by atoms with Crippen LogP contribution in [0, 0.1) is 0 Å². The van der Waals surface area contributed by atoms with E-state index in [-0.39, 0.29) is 0 Å². The third-order valence-corrected chi connectivity index (χ3v) is 2.53. The first-order chi connectivity index (χ1) is 11.6. The Kier molecular flexibility index (Phi) is 8.85. The lowest BCUT2D eigenvalue weighted by Crippen LogP contribution is -2.46. The Hall–Kier alpha value is -1.54. The van der Waals surface area contributed by atoms with Gasteiger partial charge >= 0.3 is 24.5 Å². The second kappa shape index (κ2) is 9.41. The van der Waals surface area contributed by atoms with E-state index >= 15 is 0 Å². The van der Waals surface area contributed by atoms with Crippen molar-refractivity contribution in [1.82, 2.24) is 0 Å². The molecule has 0 bridgehead atoms. The second-order valence-corrected chi connectivity index (χ2v) is 4.61. The Morgan fingerprint density at radius 3 is 1.62 bits per heavy atom. The summed E-state index contributed by atoms with van der Waals surface area (Å²) >= 11 is 0. The molecule has 1 N–H and O–H groups in total. The normalized spacial score (nSPS) is 16.8. The van der Waals surface area contributed by atoms with Crippen molar-refractivity contribution in [3.8, 4) is 0 Å². The molecule has 0 radical (unpaired) electrons. The van der Waals surface area contributed by atoms with E-state index in [0.717, 1.165) is 6.08 Å². The number of halogens is 9. The number of carbonyl (C=O) groups is 1. The maximum atomic E-state index is 12.7. The zero-order chi connectivity index (χ0) is 20.8. The molecule has 0 aliphatic carbocycles. The molecule has 3 unspecified atom stereocenters. The van der Waals surface area contributed by atoms with Gasteiger partial charge in [0, 0.05) is 0 Å². The minimum absolute atomic E-state index is 0.685. The Labute approximate surface area is 140 Å². The van der Waals surface area contributed by atoms with Gasteiger partial charge in [-0.25, -0.2) is 4.79 Å². The molecule has 3 atom stereocenters. The highest BCUT2D eigenvalue weighted by molar-refractivity contribution is 5.73. The Morgan fingerprint density at radius 1 is 0.846 bits per heavy atom. The van der Waals surface area contributed by atoms with Gasteiger partial charge in [-0.05, 0) is 0 Å². The van der Waals surface area contributed by atoms with Crippen molar-refractivity contribution in [2.75, 3.05) is 19.8 Å². The summed E-state index contributed by atoms with van der Waals surface area (Å²) in [6.45, 7) is -1.35. The molecule has 154 valence electrons. The summed E-state index contributed by atoms with van der Waals surface area (Å²) in [7, 11) is 0. The monoisotopic (exact) mass is 408 g/mol. The van der Waals surface area contributed by atoms with Gasteiger partial charge in [0.2, 0.25) is 0 Å². The zero-order valence-electron chi connectivity index (χ0n) is 12.6. The van der Waals surface area contributed by atoms with Crippen molar-refractivity contribution >= 4 is 5.97 Å². The molecule has 26 heavy (non-hydrogen) atoms. The van der Waals surface area contributed by atoms with Crippen LogP contribution < -0.4 is 0 Å². The zero-order valence-corrected chi connectivity index (χ0v) is 12.6. The summed E-state index contributed by atoms with van der Waals surface area (Å²) in [4.78, 5) is 10.4. The smallest absolute Gasteiger partial charge is 0.425 e. The predicted octanol–water partition coefficient (Wildman–Crippen LogP) is 3.10. The van der Waals surface area contributed by atoms with Gasteiger partial charge in [0.05, 0.1) is 19.8 Å². The first-order valence-corrected chi connectivity index (χ1v) is 6.49. The van der Waals surface area contributed by atoms with Crippen molar-refractivity contribution in [3.05, 3.63) is 12.7 Å². The van der Waals surface area contributed by atoms with E-state index in [2.05, 4.69) is 20.8 Å². The average molecular weight is 408 g/mol. The van der Waals surface area contributed by atoms with Crippen LogP contribution in [0.5, 0.6) is 0 Å². The molecule has 0 aliphatic heterocycles. The Morgan fingerprint density at radius 2 is 1.27 bits per heavy atom. The molecule has 0 aromatic heterocycles. The molecule has 0 heterocycles. The standard InChI is InChI=1S/C12H13F9O5/c1-2-3-24-6(10(13,14)15)4-25-7(11(16,17)18)5-26-8(9(22)23)12(19,20)21/h2,6-8H,1,3-5H2,(H,22,23). The highest BCUT2D eigenvalue weighted by Crippen LogP contribution is 2.29. The van der Waals surface area contributed by atoms with Gasteiger partial charge < -0.3 is 19.3 Å². The number of aliphatic carboxylic acids is 1. The molecule has 14 heteroatoms. The Balaban J connectivity index is 5.06. The van der Waals surface area contributed by atoms with Crippen LogP contribution >= 0.6 is 0 Å². The minimum Gasteiger partial charge on any atom is -0.479 e. The summed E-state index contributed by atoms with van der Waals surface area (Å²) in [6, 6.07) is 0. The highest BCUT2D eigenvalue weighted by atomic mass is 19.4. The third kappa shape index (κ3) is 8.71. The molecule has 0 spiro atoms. The van der Waals surface area contributed by atoms with Crippen LogP contribution in [0.1, 0.15) is 0 Å². The number of rotatable bonds is 10. The van der Waals surface area contributed by atoms with Gasteiger partial charge in [0.25, 0.3) is 6.10 Å². The molecule has 0 rings (SSSR count). The van der Waals surface area contributed by atoms with Gasteiger partial charge in [-0.3, -0.25) is 0 Å². The van der Waals surface area contributed by atoms with Crippen LogP contribution in [-0.2, 0) is 19.0 Å². The molecule has 0 aromatic carbocycles. The van der Waals surface area contributed by atoms with E-state index in [1.54, 1.807) is 0 Å². The maximum Gasteiger partial charge on any atom is 0.425 e. The van der Waals surface area contributed by atoms with Crippen molar-refractivity contribution in [3.63, 3.8) is 0 Å².